The van der Waals surface area contributed by atoms with Crippen molar-refractivity contribution in [1.82, 2.24) is 15.3 Å². The minimum atomic E-state index is -0.485. The molecule has 0 aliphatic carbocycles. The lowest BCUT2D eigenvalue weighted by molar-refractivity contribution is 0.0945. The Hall–Kier alpha value is -2.27. The Morgan fingerprint density at radius 2 is 1.95 bits per heavy atom. The van der Waals surface area contributed by atoms with Crippen LogP contribution < -0.4 is 5.32 Å². The largest absolute Gasteiger partial charge is 0.389 e. The van der Waals surface area contributed by atoms with Crippen molar-refractivity contribution in [2.45, 2.75) is 26.5 Å². The Labute approximate surface area is 117 Å². The van der Waals surface area contributed by atoms with Crippen LogP contribution in [0.2, 0.25) is 0 Å². The van der Waals surface area contributed by atoms with E-state index in [1.54, 1.807) is 13.1 Å². The van der Waals surface area contributed by atoms with E-state index in [1.165, 1.54) is 6.20 Å². The first-order valence-corrected chi connectivity index (χ1v) is 6.40. The van der Waals surface area contributed by atoms with Crippen molar-refractivity contribution < 1.29 is 9.90 Å². The summed E-state index contributed by atoms with van der Waals surface area (Å²) in [6.07, 6.45) is 2.54. The fourth-order valence-corrected chi connectivity index (χ4v) is 1.70. The van der Waals surface area contributed by atoms with Crippen LogP contribution >= 0.6 is 0 Å². The van der Waals surface area contributed by atoms with E-state index >= 15 is 0 Å². The zero-order valence-corrected chi connectivity index (χ0v) is 11.5. The molecule has 2 aromatic rings. The molecule has 0 saturated heterocycles. The first-order chi connectivity index (χ1) is 9.56. The summed E-state index contributed by atoms with van der Waals surface area (Å²) in [5.74, 6) is -0.253. The van der Waals surface area contributed by atoms with E-state index < -0.39 is 6.10 Å². The standard InChI is InChI=1S/C15H17N3O2/c1-10-7-17-14(9-16-10)15(20)18-8-12-3-5-13(6-4-12)11(2)19/h3-7,9,11,19H,8H2,1-2H3,(H,18,20)/t11-/m1/s1. The van der Waals surface area contributed by atoms with Crippen LogP contribution in [0.1, 0.15) is 40.3 Å². The van der Waals surface area contributed by atoms with Gasteiger partial charge >= 0.3 is 0 Å². The number of nitrogens with zero attached hydrogens (tertiary/aromatic N) is 2. The third-order valence-electron chi connectivity index (χ3n) is 2.93. The summed E-state index contributed by atoms with van der Waals surface area (Å²) in [4.78, 5) is 19.9. The topological polar surface area (TPSA) is 75.1 Å². The molecule has 1 amide bonds. The predicted octanol–water partition coefficient (Wildman–Crippen LogP) is 1.77. The normalized spacial score (nSPS) is 11.9. The fraction of sp³-hybridized carbons (Fsp3) is 0.267. The summed E-state index contributed by atoms with van der Waals surface area (Å²) >= 11 is 0. The van der Waals surface area contributed by atoms with E-state index in [2.05, 4.69) is 15.3 Å². The number of hydrogen-bond acceptors (Lipinski definition) is 4. The SMILES string of the molecule is Cc1cnc(C(=O)NCc2ccc([C@@H](C)O)cc2)cn1. The van der Waals surface area contributed by atoms with Gasteiger partial charge in [-0.05, 0) is 25.0 Å². The Kier molecular flexibility index (Phi) is 4.42. The third kappa shape index (κ3) is 3.61. The Balaban J connectivity index is 1.94. The van der Waals surface area contributed by atoms with E-state index in [0.717, 1.165) is 16.8 Å². The lowest BCUT2D eigenvalue weighted by atomic mass is 10.1. The van der Waals surface area contributed by atoms with Crippen molar-refractivity contribution in [3.63, 3.8) is 0 Å². The van der Waals surface area contributed by atoms with E-state index in [-0.39, 0.29) is 5.91 Å². The van der Waals surface area contributed by atoms with Crippen molar-refractivity contribution in [3.8, 4) is 0 Å². The molecule has 104 valence electrons. The van der Waals surface area contributed by atoms with Gasteiger partial charge in [0, 0.05) is 12.7 Å². The highest BCUT2D eigenvalue weighted by Crippen LogP contribution is 2.12. The summed E-state index contributed by atoms with van der Waals surface area (Å²) in [6, 6.07) is 7.45. The second-order valence-corrected chi connectivity index (χ2v) is 4.64. The average molecular weight is 271 g/mol. The van der Waals surface area contributed by atoms with Gasteiger partial charge < -0.3 is 10.4 Å². The number of amides is 1. The predicted molar refractivity (Wildman–Crippen MR) is 75.0 cm³/mol. The molecule has 0 aliphatic heterocycles. The molecule has 0 spiro atoms. The first kappa shape index (κ1) is 14.1. The van der Waals surface area contributed by atoms with Crippen molar-refractivity contribution in [2.75, 3.05) is 0 Å². The molecule has 2 rings (SSSR count). The van der Waals surface area contributed by atoms with Gasteiger partial charge in [0.25, 0.3) is 5.91 Å². The molecule has 0 saturated carbocycles. The molecule has 20 heavy (non-hydrogen) atoms. The maximum atomic E-state index is 11.9. The number of aromatic nitrogens is 2. The molecule has 0 bridgehead atoms. The lowest BCUT2D eigenvalue weighted by Gasteiger charge is -2.07. The molecule has 1 aromatic heterocycles. The monoisotopic (exact) mass is 271 g/mol. The number of hydrogen-bond donors (Lipinski definition) is 2. The molecule has 5 nitrogen and oxygen atoms in total. The average Bonchev–Trinajstić information content (AvgIpc) is 2.46. The number of aryl methyl sites for hydroxylation is 1. The van der Waals surface area contributed by atoms with Crippen LogP contribution in [-0.4, -0.2) is 21.0 Å². The van der Waals surface area contributed by atoms with Crippen molar-refractivity contribution >= 4 is 5.91 Å². The Morgan fingerprint density at radius 3 is 2.50 bits per heavy atom. The van der Waals surface area contributed by atoms with Gasteiger partial charge in [-0.2, -0.15) is 0 Å². The van der Waals surface area contributed by atoms with Crippen molar-refractivity contribution in [2.24, 2.45) is 0 Å². The van der Waals surface area contributed by atoms with Gasteiger partial charge in [-0.25, -0.2) is 4.98 Å². The number of aliphatic hydroxyl groups excluding tert-OH is 1. The Morgan fingerprint density at radius 1 is 1.25 bits per heavy atom. The van der Waals surface area contributed by atoms with Gasteiger partial charge in [-0.3, -0.25) is 9.78 Å². The molecule has 5 heteroatoms. The van der Waals surface area contributed by atoms with Gasteiger partial charge in [0.15, 0.2) is 0 Å². The minimum Gasteiger partial charge on any atom is -0.389 e. The second-order valence-electron chi connectivity index (χ2n) is 4.64. The number of benzene rings is 1. The third-order valence-corrected chi connectivity index (χ3v) is 2.93. The highest BCUT2D eigenvalue weighted by Gasteiger charge is 2.07. The molecule has 0 unspecified atom stereocenters. The van der Waals surface area contributed by atoms with Crippen molar-refractivity contribution in [3.05, 3.63) is 59.2 Å². The molecule has 1 aromatic carbocycles. The summed E-state index contributed by atoms with van der Waals surface area (Å²) in [7, 11) is 0. The van der Waals surface area contributed by atoms with Crippen LogP contribution in [0.25, 0.3) is 0 Å². The van der Waals surface area contributed by atoms with E-state index in [9.17, 15) is 9.90 Å². The van der Waals surface area contributed by atoms with E-state index in [0.29, 0.717) is 12.2 Å². The molecular formula is C15H17N3O2. The van der Waals surface area contributed by atoms with Crippen LogP contribution in [0, 0.1) is 6.92 Å². The summed E-state index contributed by atoms with van der Waals surface area (Å²) in [6.45, 7) is 3.94. The molecule has 1 heterocycles. The maximum Gasteiger partial charge on any atom is 0.271 e. The van der Waals surface area contributed by atoms with Gasteiger partial charge in [0.2, 0.25) is 0 Å². The molecular weight excluding hydrogens is 254 g/mol. The lowest BCUT2D eigenvalue weighted by Crippen LogP contribution is -2.24. The van der Waals surface area contributed by atoms with E-state index in [1.807, 2.05) is 31.2 Å². The zero-order valence-electron chi connectivity index (χ0n) is 11.5. The van der Waals surface area contributed by atoms with Crippen LogP contribution in [0.15, 0.2) is 36.7 Å². The van der Waals surface area contributed by atoms with Gasteiger partial charge in [-0.15, -0.1) is 0 Å². The van der Waals surface area contributed by atoms with Crippen LogP contribution in [0.5, 0.6) is 0 Å². The van der Waals surface area contributed by atoms with Gasteiger partial charge in [0.05, 0.1) is 18.0 Å². The van der Waals surface area contributed by atoms with Gasteiger partial charge in [0.1, 0.15) is 5.69 Å². The number of carbonyl (C=O) groups excluding carboxylic acids is 1. The molecule has 1 atom stereocenters. The zero-order chi connectivity index (χ0) is 14.5. The molecule has 0 aliphatic rings. The Bertz CT molecular complexity index is 577. The number of aliphatic hydroxyl groups is 1. The van der Waals surface area contributed by atoms with Crippen LogP contribution in [0.3, 0.4) is 0 Å². The minimum absolute atomic E-state index is 0.253. The van der Waals surface area contributed by atoms with Crippen LogP contribution in [-0.2, 0) is 6.54 Å². The maximum absolute atomic E-state index is 11.9. The highest BCUT2D eigenvalue weighted by molar-refractivity contribution is 5.91. The quantitative estimate of drug-likeness (QED) is 0.888. The molecule has 2 N–H and O–H groups in total. The number of carbonyl (C=O) groups is 1. The summed E-state index contributed by atoms with van der Waals surface area (Å²) in [5.41, 5.74) is 2.89. The first-order valence-electron chi connectivity index (χ1n) is 6.40. The van der Waals surface area contributed by atoms with Crippen molar-refractivity contribution in [1.29, 1.82) is 0 Å². The fourth-order valence-electron chi connectivity index (χ4n) is 1.70. The van der Waals surface area contributed by atoms with Gasteiger partial charge in [-0.1, -0.05) is 24.3 Å². The van der Waals surface area contributed by atoms with Crippen LogP contribution in [0.4, 0.5) is 0 Å². The summed E-state index contributed by atoms with van der Waals surface area (Å²) in [5, 5.41) is 12.2. The van der Waals surface area contributed by atoms with E-state index in [4.69, 9.17) is 0 Å². The number of nitrogens with one attached hydrogen (secondary N) is 1. The smallest absolute Gasteiger partial charge is 0.271 e. The number of rotatable bonds is 4. The second kappa shape index (κ2) is 6.25. The highest BCUT2D eigenvalue weighted by atomic mass is 16.3. The molecule has 0 fully saturated rings. The summed E-state index contributed by atoms with van der Waals surface area (Å²) < 4.78 is 0. The molecule has 0 radical (unpaired) electrons.